The lowest BCUT2D eigenvalue weighted by molar-refractivity contribution is -0.384. The average molecular weight is 417 g/mol. The van der Waals surface area contributed by atoms with Crippen molar-refractivity contribution in [2.45, 2.75) is 11.4 Å². The van der Waals surface area contributed by atoms with Crippen molar-refractivity contribution in [1.29, 1.82) is 0 Å². The second-order valence-electron chi connectivity index (χ2n) is 6.06. The Labute approximate surface area is 165 Å². The van der Waals surface area contributed by atoms with Crippen LogP contribution in [0.2, 0.25) is 5.02 Å². The second kappa shape index (κ2) is 6.81. The Morgan fingerprint density at radius 2 is 1.71 bits per heavy atom. The molecule has 0 saturated heterocycles. The number of hydrogen-bond donors (Lipinski definition) is 0. The Balaban J connectivity index is 1.92. The number of sulfonamides is 1. The van der Waals surface area contributed by atoms with Gasteiger partial charge >= 0.3 is 0 Å². The van der Waals surface area contributed by atoms with Crippen molar-refractivity contribution in [1.82, 2.24) is 0 Å². The van der Waals surface area contributed by atoms with Crippen LogP contribution in [0.5, 0.6) is 11.5 Å². The zero-order chi connectivity index (χ0) is 19.9. The van der Waals surface area contributed by atoms with E-state index in [1.807, 2.05) is 0 Å². The van der Waals surface area contributed by atoms with E-state index in [9.17, 15) is 18.5 Å². The van der Waals surface area contributed by atoms with Crippen LogP contribution >= 0.6 is 11.6 Å². The summed E-state index contributed by atoms with van der Waals surface area (Å²) >= 11 is 6.14. The predicted molar refractivity (Wildman–Crippen MR) is 104 cm³/mol. The van der Waals surface area contributed by atoms with E-state index in [0.29, 0.717) is 22.7 Å². The highest BCUT2D eigenvalue weighted by Crippen LogP contribution is 2.42. The lowest BCUT2D eigenvalue weighted by Crippen LogP contribution is -2.30. The van der Waals surface area contributed by atoms with Gasteiger partial charge in [-0.25, -0.2) is 8.42 Å². The molecule has 1 aliphatic heterocycles. The number of hydrogen-bond acceptors (Lipinski definition) is 5. The molecule has 1 heterocycles. The first-order chi connectivity index (χ1) is 13.4. The maximum atomic E-state index is 13.4. The van der Waals surface area contributed by atoms with Gasteiger partial charge in [0.1, 0.15) is 10.6 Å². The fraction of sp³-hybridized carbons (Fsp3) is 0.0526. The van der Waals surface area contributed by atoms with Crippen LogP contribution in [0.4, 0.5) is 11.4 Å². The van der Waals surface area contributed by atoms with E-state index < -0.39 is 14.9 Å². The highest BCUT2D eigenvalue weighted by atomic mass is 35.5. The SMILES string of the molecule is O=[N+]([O-])c1ccc2c(c1)CN(S(=O)(=O)c1ccccc1Cl)c1ccccc1O2. The van der Waals surface area contributed by atoms with E-state index in [-0.39, 0.29) is 22.2 Å². The van der Waals surface area contributed by atoms with Crippen molar-refractivity contribution in [3.63, 3.8) is 0 Å². The van der Waals surface area contributed by atoms with Crippen molar-refractivity contribution in [3.05, 3.63) is 87.4 Å². The third kappa shape index (κ3) is 3.06. The molecule has 0 fully saturated rings. The summed E-state index contributed by atoms with van der Waals surface area (Å²) < 4.78 is 33.8. The summed E-state index contributed by atoms with van der Waals surface area (Å²) in [5, 5.41) is 11.2. The van der Waals surface area contributed by atoms with Gasteiger partial charge in [0.15, 0.2) is 5.75 Å². The van der Waals surface area contributed by atoms with Gasteiger partial charge in [-0.3, -0.25) is 14.4 Å². The van der Waals surface area contributed by atoms with Crippen LogP contribution in [0.15, 0.2) is 71.6 Å². The molecule has 1 aliphatic rings. The van der Waals surface area contributed by atoms with Crippen molar-refractivity contribution in [2.75, 3.05) is 4.31 Å². The number of anilines is 1. The first kappa shape index (κ1) is 18.3. The fourth-order valence-corrected chi connectivity index (χ4v) is 4.95. The molecule has 3 aromatic rings. The molecule has 28 heavy (non-hydrogen) atoms. The maximum Gasteiger partial charge on any atom is 0.270 e. The number of para-hydroxylation sites is 2. The van der Waals surface area contributed by atoms with Crippen LogP contribution in [-0.4, -0.2) is 13.3 Å². The van der Waals surface area contributed by atoms with E-state index in [1.165, 1.54) is 30.3 Å². The number of halogens is 1. The molecule has 0 atom stereocenters. The van der Waals surface area contributed by atoms with Gasteiger partial charge in [-0.05, 0) is 30.3 Å². The second-order valence-corrected chi connectivity index (χ2v) is 8.30. The number of ether oxygens (including phenoxy) is 1. The summed E-state index contributed by atoms with van der Waals surface area (Å²) in [4.78, 5) is 10.6. The third-order valence-electron chi connectivity index (χ3n) is 4.33. The minimum Gasteiger partial charge on any atom is -0.455 e. The van der Waals surface area contributed by atoms with Gasteiger partial charge in [0, 0.05) is 17.7 Å². The van der Waals surface area contributed by atoms with Crippen LogP contribution in [-0.2, 0) is 16.6 Å². The summed E-state index contributed by atoms with van der Waals surface area (Å²) in [6.07, 6.45) is 0. The van der Waals surface area contributed by atoms with Crippen LogP contribution < -0.4 is 9.04 Å². The maximum absolute atomic E-state index is 13.4. The lowest BCUT2D eigenvalue weighted by Gasteiger charge is -2.24. The monoisotopic (exact) mass is 416 g/mol. The van der Waals surface area contributed by atoms with Gasteiger partial charge in [-0.15, -0.1) is 0 Å². The quantitative estimate of drug-likeness (QED) is 0.454. The Hall–Kier alpha value is -3.10. The third-order valence-corrected chi connectivity index (χ3v) is 6.59. The van der Waals surface area contributed by atoms with Crippen molar-refractivity contribution in [3.8, 4) is 11.5 Å². The molecule has 0 saturated carbocycles. The number of benzene rings is 3. The predicted octanol–water partition coefficient (Wildman–Crippen LogP) is 4.75. The highest BCUT2D eigenvalue weighted by Gasteiger charge is 2.32. The summed E-state index contributed by atoms with van der Waals surface area (Å²) in [6, 6.07) is 16.9. The molecular formula is C19H13ClN2O5S. The smallest absolute Gasteiger partial charge is 0.270 e. The first-order valence-electron chi connectivity index (χ1n) is 8.19. The van der Waals surface area contributed by atoms with Gasteiger partial charge in [-0.1, -0.05) is 35.9 Å². The molecule has 142 valence electrons. The van der Waals surface area contributed by atoms with Crippen LogP contribution in [0.1, 0.15) is 5.56 Å². The summed E-state index contributed by atoms with van der Waals surface area (Å²) in [5.74, 6) is 0.681. The first-order valence-corrected chi connectivity index (χ1v) is 10.0. The normalized spacial score (nSPS) is 13.1. The number of nitro benzene ring substituents is 1. The lowest BCUT2D eigenvalue weighted by atomic mass is 10.2. The summed E-state index contributed by atoms with van der Waals surface area (Å²) in [7, 11) is -4.05. The molecule has 0 radical (unpaired) electrons. The van der Waals surface area contributed by atoms with Gasteiger partial charge in [0.05, 0.1) is 22.2 Å². The van der Waals surface area contributed by atoms with Crippen LogP contribution in [0, 0.1) is 10.1 Å². The molecule has 0 spiro atoms. The molecule has 9 heteroatoms. The molecule has 7 nitrogen and oxygen atoms in total. The zero-order valence-corrected chi connectivity index (χ0v) is 15.9. The number of rotatable bonds is 3. The summed E-state index contributed by atoms with van der Waals surface area (Å²) in [6.45, 7) is -0.137. The molecule has 4 rings (SSSR count). The Bertz CT molecular complexity index is 1200. The van der Waals surface area contributed by atoms with Gasteiger partial charge in [-0.2, -0.15) is 0 Å². The minimum absolute atomic E-state index is 0.0552. The number of nitro groups is 1. The molecule has 0 aliphatic carbocycles. The molecule has 0 N–H and O–H groups in total. The topological polar surface area (TPSA) is 89.8 Å². The fourth-order valence-electron chi connectivity index (χ4n) is 3.00. The number of non-ortho nitro benzene ring substituents is 1. The largest absolute Gasteiger partial charge is 0.455 e. The van der Waals surface area contributed by atoms with Gasteiger partial charge in [0.25, 0.3) is 15.7 Å². The van der Waals surface area contributed by atoms with E-state index in [0.717, 1.165) is 4.31 Å². The zero-order valence-electron chi connectivity index (χ0n) is 14.3. The summed E-state index contributed by atoms with van der Waals surface area (Å²) in [5.41, 5.74) is 0.547. The molecular weight excluding hydrogens is 404 g/mol. The Kier molecular flexibility index (Phi) is 4.44. The molecule has 3 aromatic carbocycles. The van der Waals surface area contributed by atoms with E-state index >= 15 is 0 Å². The Morgan fingerprint density at radius 3 is 2.46 bits per heavy atom. The average Bonchev–Trinajstić information content (AvgIpc) is 2.84. The van der Waals surface area contributed by atoms with Crippen molar-refractivity contribution >= 4 is 33.0 Å². The standard InChI is InChI=1S/C19H13ClN2O5S/c20-15-5-1-4-8-19(15)28(25,26)21-12-13-11-14(22(23)24)9-10-17(13)27-18-7-3-2-6-16(18)21/h1-11H,12H2. The molecule has 0 amide bonds. The van der Waals surface area contributed by atoms with Gasteiger partial charge in [0.2, 0.25) is 0 Å². The highest BCUT2D eigenvalue weighted by molar-refractivity contribution is 7.93. The van der Waals surface area contributed by atoms with Gasteiger partial charge < -0.3 is 4.74 Å². The van der Waals surface area contributed by atoms with E-state index in [1.54, 1.807) is 36.4 Å². The molecule has 0 unspecified atom stereocenters. The van der Waals surface area contributed by atoms with E-state index in [4.69, 9.17) is 16.3 Å². The van der Waals surface area contributed by atoms with Crippen molar-refractivity contribution in [2.24, 2.45) is 0 Å². The molecule has 0 bridgehead atoms. The Morgan fingerprint density at radius 1 is 1.00 bits per heavy atom. The number of nitrogens with zero attached hydrogens (tertiary/aromatic N) is 2. The molecule has 0 aromatic heterocycles. The van der Waals surface area contributed by atoms with Crippen molar-refractivity contribution < 1.29 is 18.1 Å². The number of fused-ring (bicyclic) bond motifs is 2. The van der Waals surface area contributed by atoms with Crippen LogP contribution in [0.3, 0.4) is 0 Å². The van der Waals surface area contributed by atoms with Crippen LogP contribution in [0.25, 0.3) is 0 Å². The minimum atomic E-state index is -4.05. The van der Waals surface area contributed by atoms with E-state index in [2.05, 4.69) is 0 Å².